The number of aryl methyl sites for hydroxylation is 2. The number of hydrogen-bond acceptors (Lipinski definition) is 4. The van der Waals surface area contributed by atoms with Crippen LogP contribution in [0.25, 0.3) is 0 Å². The first-order chi connectivity index (χ1) is 10.0. The molecule has 0 amide bonds. The van der Waals surface area contributed by atoms with Gasteiger partial charge in [0.25, 0.3) is 0 Å². The van der Waals surface area contributed by atoms with Crippen molar-refractivity contribution in [3.05, 3.63) is 64.2 Å². The number of nitrogens with zero attached hydrogens (tertiary/aromatic N) is 1. The summed E-state index contributed by atoms with van der Waals surface area (Å²) in [5.41, 5.74) is 9.81. The molecule has 0 unspecified atom stereocenters. The van der Waals surface area contributed by atoms with Gasteiger partial charge in [-0.3, -0.25) is 0 Å². The standard InChI is InChI=1S/C17H16N2O2/c1-11-4-3-5-15(19)16(11)17(20)21-10-14-7-6-13(9-18)8-12(14)2/h3-8H,10,19H2,1-2H3. The summed E-state index contributed by atoms with van der Waals surface area (Å²) in [4.78, 5) is 12.1. The number of benzene rings is 2. The largest absolute Gasteiger partial charge is 0.457 e. The van der Waals surface area contributed by atoms with E-state index in [2.05, 4.69) is 6.07 Å². The number of carbonyl (C=O) groups is 1. The van der Waals surface area contributed by atoms with Gasteiger partial charge in [0, 0.05) is 5.69 Å². The van der Waals surface area contributed by atoms with Crippen LogP contribution >= 0.6 is 0 Å². The minimum absolute atomic E-state index is 0.157. The molecule has 21 heavy (non-hydrogen) atoms. The number of esters is 1. The fourth-order valence-corrected chi connectivity index (χ4v) is 2.11. The highest BCUT2D eigenvalue weighted by atomic mass is 16.5. The van der Waals surface area contributed by atoms with Gasteiger partial charge < -0.3 is 10.5 Å². The molecule has 0 radical (unpaired) electrons. The molecular weight excluding hydrogens is 264 g/mol. The Bertz CT molecular complexity index is 710. The van der Waals surface area contributed by atoms with E-state index in [9.17, 15) is 4.79 Å². The maximum Gasteiger partial charge on any atom is 0.340 e. The van der Waals surface area contributed by atoms with Crippen molar-refractivity contribution in [2.45, 2.75) is 20.5 Å². The molecule has 0 atom stereocenters. The Morgan fingerprint density at radius 2 is 2.00 bits per heavy atom. The van der Waals surface area contributed by atoms with Crippen molar-refractivity contribution < 1.29 is 9.53 Å². The second kappa shape index (κ2) is 6.10. The van der Waals surface area contributed by atoms with Crippen molar-refractivity contribution in [3.63, 3.8) is 0 Å². The van der Waals surface area contributed by atoms with E-state index in [1.54, 1.807) is 30.3 Å². The SMILES string of the molecule is Cc1cc(C#N)ccc1COC(=O)c1c(C)cccc1N. The summed E-state index contributed by atoms with van der Waals surface area (Å²) in [7, 11) is 0. The molecule has 2 aromatic carbocycles. The first kappa shape index (κ1) is 14.6. The average Bonchev–Trinajstić information content (AvgIpc) is 2.45. The van der Waals surface area contributed by atoms with Crippen LogP contribution < -0.4 is 5.73 Å². The van der Waals surface area contributed by atoms with Crippen molar-refractivity contribution in [3.8, 4) is 6.07 Å². The number of nitrogen functional groups attached to an aromatic ring is 1. The lowest BCUT2D eigenvalue weighted by Gasteiger charge is -2.11. The Labute approximate surface area is 123 Å². The van der Waals surface area contributed by atoms with Gasteiger partial charge in [0.15, 0.2) is 0 Å². The van der Waals surface area contributed by atoms with Crippen LogP contribution in [0, 0.1) is 25.2 Å². The second-order valence-corrected chi connectivity index (χ2v) is 4.87. The second-order valence-electron chi connectivity index (χ2n) is 4.87. The minimum Gasteiger partial charge on any atom is -0.457 e. The van der Waals surface area contributed by atoms with Gasteiger partial charge in [0.2, 0.25) is 0 Å². The van der Waals surface area contributed by atoms with Crippen LogP contribution in [0.15, 0.2) is 36.4 Å². The van der Waals surface area contributed by atoms with Gasteiger partial charge in [-0.2, -0.15) is 5.26 Å². The average molecular weight is 280 g/mol. The van der Waals surface area contributed by atoms with Crippen molar-refractivity contribution in [2.75, 3.05) is 5.73 Å². The third-order valence-electron chi connectivity index (χ3n) is 3.34. The summed E-state index contributed by atoms with van der Waals surface area (Å²) in [6.45, 7) is 3.86. The maximum absolute atomic E-state index is 12.1. The van der Waals surface area contributed by atoms with E-state index in [1.807, 2.05) is 19.9 Å². The Morgan fingerprint density at radius 1 is 1.24 bits per heavy atom. The molecule has 0 heterocycles. The summed E-state index contributed by atoms with van der Waals surface area (Å²) in [5.74, 6) is -0.436. The van der Waals surface area contributed by atoms with Gasteiger partial charge in [-0.15, -0.1) is 0 Å². The van der Waals surface area contributed by atoms with Gasteiger partial charge in [-0.25, -0.2) is 4.79 Å². The molecule has 106 valence electrons. The van der Waals surface area contributed by atoms with Crippen LogP contribution in [0.3, 0.4) is 0 Å². The van der Waals surface area contributed by atoms with E-state index in [-0.39, 0.29) is 6.61 Å². The van der Waals surface area contributed by atoms with Crippen LogP contribution in [0.2, 0.25) is 0 Å². The van der Waals surface area contributed by atoms with Gasteiger partial charge in [-0.1, -0.05) is 18.2 Å². The van der Waals surface area contributed by atoms with Gasteiger partial charge >= 0.3 is 5.97 Å². The Morgan fingerprint density at radius 3 is 2.62 bits per heavy atom. The molecule has 4 nitrogen and oxygen atoms in total. The number of anilines is 1. The number of hydrogen-bond donors (Lipinski definition) is 1. The summed E-state index contributed by atoms with van der Waals surface area (Å²) in [6, 6.07) is 12.6. The Hall–Kier alpha value is -2.80. The topological polar surface area (TPSA) is 76.1 Å². The molecule has 0 aliphatic heterocycles. The zero-order valence-corrected chi connectivity index (χ0v) is 12.0. The quantitative estimate of drug-likeness (QED) is 0.692. The molecule has 0 fully saturated rings. The third kappa shape index (κ3) is 3.21. The molecule has 2 N–H and O–H groups in total. The minimum atomic E-state index is -0.436. The summed E-state index contributed by atoms with van der Waals surface area (Å²) in [6.07, 6.45) is 0. The molecule has 0 spiro atoms. The highest BCUT2D eigenvalue weighted by Gasteiger charge is 2.14. The number of nitriles is 1. The number of ether oxygens (including phenoxy) is 1. The van der Waals surface area contributed by atoms with Gasteiger partial charge in [0.05, 0.1) is 17.2 Å². The maximum atomic E-state index is 12.1. The monoisotopic (exact) mass is 280 g/mol. The van der Waals surface area contributed by atoms with E-state index in [0.717, 1.165) is 16.7 Å². The molecule has 0 aromatic heterocycles. The number of carbonyl (C=O) groups excluding carboxylic acids is 1. The molecule has 2 aromatic rings. The highest BCUT2D eigenvalue weighted by Crippen LogP contribution is 2.19. The summed E-state index contributed by atoms with van der Waals surface area (Å²) in [5, 5.41) is 8.83. The van der Waals surface area contributed by atoms with E-state index in [4.69, 9.17) is 15.7 Å². The summed E-state index contributed by atoms with van der Waals surface area (Å²) < 4.78 is 5.33. The molecule has 0 saturated carbocycles. The van der Waals surface area contributed by atoms with Crippen LogP contribution in [0.5, 0.6) is 0 Å². The molecule has 0 aliphatic carbocycles. The lowest BCUT2D eigenvalue weighted by molar-refractivity contribution is 0.0472. The fraction of sp³-hybridized carbons (Fsp3) is 0.176. The lowest BCUT2D eigenvalue weighted by atomic mass is 10.1. The molecule has 0 bridgehead atoms. The number of rotatable bonds is 3. The van der Waals surface area contributed by atoms with E-state index >= 15 is 0 Å². The van der Waals surface area contributed by atoms with Gasteiger partial charge in [0.1, 0.15) is 6.61 Å². The lowest BCUT2D eigenvalue weighted by Crippen LogP contribution is -2.10. The van der Waals surface area contributed by atoms with Crippen LogP contribution in [-0.4, -0.2) is 5.97 Å². The van der Waals surface area contributed by atoms with Crippen molar-refractivity contribution in [1.82, 2.24) is 0 Å². The van der Waals surface area contributed by atoms with Crippen LogP contribution in [0.1, 0.15) is 32.6 Å². The molecular formula is C17H16N2O2. The van der Waals surface area contributed by atoms with Crippen LogP contribution in [-0.2, 0) is 11.3 Å². The predicted molar refractivity (Wildman–Crippen MR) is 80.6 cm³/mol. The molecule has 0 aliphatic rings. The zero-order valence-electron chi connectivity index (χ0n) is 12.0. The summed E-state index contributed by atoms with van der Waals surface area (Å²) >= 11 is 0. The zero-order chi connectivity index (χ0) is 15.4. The Kier molecular flexibility index (Phi) is 4.24. The van der Waals surface area contributed by atoms with E-state index in [1.165, 1.54) is 0 Å². The molecule has 2 rings (SSSR count). The van der Waals surface area contributed by atoms with Gasteiger partial charge in [-0.05, 0) is 48.7 Å². The first-order valence-corrected chi connectivity index (χ1v) is 6.54. The normalized spacial score (nSPS) is 9.95. The molecule has 4 heteroatoms. The smallest absolute Gasteiger partial charge is 0.340 e. The number of nitrogens with two attached hydrogens (primary N) is 1. The van der Waals surface area contributed by atoms with Crippen molar-refractivity contribution in [1.29, 1.82) is 5.26 Å². The third-order valence-corrected chi connectivity index (χ3v) is 3.34. The van der Waals surface area contributed by atoms with E-state index in [0.29, 0.717) is 16.8 Å². The Balaban J connectivity index is 2.13. The van der Waals surface area contributed by atoms with Crippen molar-refractivity contribution in [2.24, 2.45) is 0 Å². The highest BCUT2D eigenvalue weighted by molar-refractivity contribution is 5.96. The van der Waals surface area contributed by atoms with E-state index < -0.39 is 5.97 Å². The first-order valence-electron chi connectivity index (χ1n) is 6.54. The molecule has 0 saturated heterocycles. The fourth-order valence-electron chi connectivity index (χ4n) is 2.11. The van der Waals surface area contributed by atoms with Crippen molar-refractivity contribution >= 4 is 11.7 Å². The van der Waals surface area contributed by atoms with Crippen LogP contribution in [0.4, 0.5) is 5.69 Å². The predicted octanol–water partition coefficient (Wildman–Crippen LogP) is 3.11.